The first-order valence-corrected chi connectivity index (χ1v) is 12.1. The monoisotopic (exact) mass is 495 g/mol. The van der Waals surface area contributed by atoms with E-state index in [-0.39, 0.29) is 18.3 Å². The molecular formula is C23H41N7O5. The summed E-state index contributed by atoms with van der Waals surface area (Å²) < 4.78 is 0. The summed E-state index contributed by atoms with van der Waals surface area (Å²) in [5.41, 5.74) is 12.1. The van der Waals surface area contributed by atoms with Crippen LogP contribution in [0.25, 0.3) is 0 Å². The first kappa shape index (κ1) is 30.0. The van der Waals surface area contributed by atoms with Crippen molar-refractivity contribution in [2.24, 2.45) is 23.3 Å². The van der Waals surface area contributed by atoms with Gasteiger partial charge >= 0.3 is 5.97 Å². The van der Waals surface area contributed by atoms with Crippen molar-refractivity contribution >= 4 is 23.7 Å². The van der Waals surface area contributed by atoms with E-state index < -0.39 is 47.9 Å². The van der Waals surface area contributed by atoms with Crippen LogP contribution < -0.4 is 27.4 Å². The minimum Gasteiger partial charge on any atom is -0.480 e. The molecule has 3 amide bonds. The van der Waals surface area contributed by atoms with Crippen molar-refractivity contribution in [2.45, 2.75) is 84.0 Å². The SMILES string of the molecule is CC[C@H](C)[C@H](NC(=O)[C@H](Cc1cnc[nH]1)NC(=O)[C@H](CCCCN)NC(=O)[C@@H](N)C(C)C)C(=O)O. The van der Waals surface area contributed by atoms with Crippen LogP contribution in [0.1, 0.15) is 59.1 Å². The standard InChI is InChI=1S/C23H41N7O5/c1-5-14(4)19(23(34)35)30-21(32)17(10-15-11-26-12-27-15)29-20(31)16(8-6-7-9-24)28-22(33)18(25)13(2)3/h11-14,16-19H,5-10,24-25H2,1-4H3,(H,26,27)(H,28,33)(H,29,31)(H,30,32)(H,34,35)/t14-,16-,17-,18-,19-/m0/s1. The van der Waals surface area contributed by atoms with Crippen LogP contribution in [0, 0.1) is 11.8 Å². The average molecular weight is 496 g/mol. The number of nitrogens with two attached hydrogens (primary N) is 2. The molecule has 12 nitrogen and oxygen atoms in total. The van der Waals surface area contributed by atoms with E-state index in [1.165, 1.54) is 12.5 Å². The van der Waals surface area contributed by atoms with E-state index in [1.54, 1.807) is 20.8 Å². The summed E-state index contributed by atoms with van der Waals surface area (Å²) in [6, 6.07) is -3.93. The van der Waals surface area contributed by atoms with E-state index in [2.05, 4.69) is 25.9 Å². The second-order valence-electron chi connectivity index (χ2n) is 9.17. The van der Waals surface area contributed by atoms with E-state index in [1.807, 2.05) is 6.92 Å². The number of amides is 3. The Morgan fingerprint density at radius 3 is 2.17 bits per heavy atom. The van der Waals surface area contributed by atoms with Crippen molar-refractivity contribution in [1.82, 2.24) is 25.9 Å². The summed E-state index contributed by atoms with van der Waals surface area (Å²) in [5.74, 6) is -3.29. The van der Waals surface area contributed by atoms with Gasteiger partial charge < -0.3 is 37.5 Å². The lowest BCUT2D eigenvalue weighted by Crippen LogP contribution is -2.58. The Morgan fingerprint density at radius 1 is 1.03 bits per heavy atom. The van der Waals surface area contributed by atoms with Gasteiger partial charge in [-0.25, -0.2) is 9.78 Å². The molecule has 0 radical (unpaired) electrons. The van der Waals surface area contributed by atoms with Gasteiger partial charge in [0.2, 0.25) is 17.7 Å². The van der Waals surface area contributed by atoms with E-state index in [9.17, 15) is 24.3 Å². The molecule has 0 fully saturated rings. The molecule has 0 aliphatic rings. The lowest BCUT2D eigenvalue weighted by molar-refractivity contribution is -0.143. The number of aliphatic carboxylic acids is 1. The third kappa shape index (κ3) is 10.0. The summed E-state index contributed by atoms with van der Waals surface area (Å²) in [6.07, 6.45) is 5.09. The zero-order valence-electron chi connectivity index (χ0n) is 21.0. The third-order valence-electron chi connectivity index (χ3n) is 5.99. The summed E-state index contributed by atoms with van der Waals surface area (Å²) in [4.78, 5) is 57.3. The zero-order valence-corrected chi connectivity index (χ0v) is 21.0. The molecule has 198 valence electrons. The van der Waals surface area contributed by atoms with Gasteiger partial charge in [-0.1, -0.05) is 34.1 Å². The Balaban J connectivity index is 3.09. The van der Waals surface area contributed by atoms with Crippen LogP contribution in [0.3, 0.4) is 0 Å². The highest BCUT2D eigenvalue weighted by molar-refractivity contribution is 5.94. The molecule has 0 bridgehead atoms. The fourth-order valence-electron chi connectivity index (χ4n) is 3.37. The van der Waals surface area contributed by atoms with Crippen molar-refractivity contribution in [3.8, 4) is 0 Å². The normalized spacial score (nSPS) is 15.5. The minimum absolute atomic E-state index is 0.0550. The van der Waals surface area contributed by atoms with Gasteiger partial charge in [0.1, 0.15) is 18.1 Å². The van der Waals surface area contributed by atoms with Crippen LogP contribution in [-0.2, 0) is 25.6 Å². The smallest absolute Gasteiger partial charge is 0.326 e. The maximum Gasteiger partial charge on any atom is 0.326 e. The summed E-state index contributed by atoms with van der Waals surface area (Å²) in [6.45, 7) is 7.59. The lowest BCUT2D eigenvalue weighted by Gasteiger charge is -2.26. The lowest BCUT2D eigenvalue weighted by atomic mass is 9.98. The number of rotatable bonds is 16. The minimum atomic E-state index is -1.16. The predicted octanol–water partition coefficient (Wildman–Crippen LogP) is -0.350. The van der Waals surface area contributed by atoms with Gasteiger partial charge in [-0.15, -0.1) is 0 Å². The molecule has 1 aromatic rings. The highest BCUT2D eigenvalue weighted by atomic mass is 16.4. The quantitative estimate of drug-likeness (QED) is 0.150. The van der Waals surface area contributed by atoms with E-state index in [4.69, 9.17) is 11.5 Å². The second kappa shape index (κ2) is 15.1. The molecule has 1 aromatic heterocycles. The van der Waals surface area contributed by atoms with Gasteiger partial charge in [-0.05, 0) is 37.6 Å². The summed E-state index contributed by atoms with van der Waals surface area (Å²) in [5, 5.41) is 17.5. The Morgan fingerprint density at radius 2 is 1.66 bits per heavy atom. The van der Waals surface area contributed by atoms with E-state index in [0.717, 1.165) is 0 Å². The van der Waals surface area contributed by atoms with Crippen LogP contribution in [-0.4, -0.2) is 69.5 Å². The van der Waals surface area contributed by atoms with Crippen molar-refractivity contribution < 1.29 is 24.3 Å². The fraction of sp³-hybridized carbons (Fsp3) is 0.696. The fourth-order valence-corrected chi connectivity index (χ4v) is 3.37. The maximum absolute atomic E-state index is 13.2. The number of aromatic amines is 1. The number of imidazole rings is 1. The Kier molecular flexibility index (Phi) is 13.0. The van der Waals surface area contributed by atoms with Crippen LogP contribution in [0.15, 0.2) is 12.5 Å². The molecule has 1 heterocycles. The molecule has 35 heavy (non-hydrogen) atoms. The van der Waals surface area contributed by atoms with Crippen molar-refractivity contribution in [3.63, 3.8) is 0 Å². The number of nitrogens with zero attached hydrogens (tertiary/aromatic N) is 1. The zero-order chi connectivity index (χ0) is 26.5. The first-order valence-electron chi connectivity index (χ1n) is 12.1. The van der Waals surface area contributed by atoms with Crippen molar-refractivity contribution in [3.05, 3.63) is 18.2 Å². The molecular weight excluding hydrogens is 454 g/mol. The van der Waals surface area contributed by atoms with Crippen LogP contribution in [0.5, 0.6) is 0 Å². The van der Waals surface area contributed by atoms with E-state index >= 15 is 0 Å². The molecule has 1 rings (SSSR count). The number of hydrogen-bond donors (Lipinski definition) is 7. The van der Waals surface area contributed by atoms with E-state index in [0.29, 0.717) is 37.9 Å². The molecule has 0 aliphatic heterocycles. The van der Waals surface area contributed by atoms with Gasteiger partial charge in [0, 0.05) is 18.3 Å². The van der Waals surface area contributed by atoms with Crippen LogP contribution in [0.2, 0.25) is 0 Å². The molecule has 0 aromatic carbocycles. The molecule has 12 heteroatoms. The first-order chi connectivity index (χ1) is 16.5. The van der Waals surface area contributed by atoms with Gasteiger partial charge in [-0.3, -0.25) is 14.4 Å². The number of carboxylic acid groups (broad SMARTS) is 1. The molecule has 0 aliphatic carbocycles. The van der Waals surface area contributed by atoms with Crippen molar-refractivity contribution in [2.75, 3.05) is 6.54 Å². The van der Waals surface area contributed by atoms with Crippen molar-refractivity contribution in [1.29, 1.82) is 0 Å². The molecule has 5 atom stereocenters. The van der Waals surface area contributed by atoms with Crippen LogP contribution in [0.4, 0.5) is 0 Å². The number of carbonyl (C=O) groups is 4. The third-order valence-corrected chi connectivity index (χ3v) is 5.99. The number of H-pyrrole nitrogens is 1. The number of hydrogen-bond acceptors (Lipinski definition) is 7. The number of carboxylic acids is 1. The number of aromatic nitrogens is 2. The molecule has 0 spiro atoms. The highest BCUT2D eigenvalue weighted by Crippen LogP contribution is 2.10. The molecule has 9 N–H and O–H groups in total. The van der Waals surface area contributed by atoms with Gasteiger partial charge in [-0.2, -0.15) is 0 Å². The predicted molar refractivity (Wildman–Crippen MR) is 131 cm³/mol. The highest BCUT2D eigenvalue weighted by Gasteiger charge is 2.32. The number of nitrogens with one attached hydrogen (secondary N) is 4. The maximum atomic E-state index is 13.2. The van der Waals surface area contributed by atoms with Gasteiger partial charge in [0.15, 0.2) is 0 Å². The summed E-state index contributed by atoms with van der Waals surface area (Å²) in [7, 11) is 0. The second-order valence-corrected chi connectivity index (χ2v) is 9.17. The molecule has 0 unspecified atom stereocenters. The van der Waals surface area contributed by atoms with Gasteiger partial charge in [0.25, 0.3) is 0 Å². The van der Waals surface area contributed by atoms with Crippen LogP contribution >= 0.6 is 0 Å². The van der Waals surface area contributed by atoms with Gasteiger partial charge in [0.05, 0.1) is 12.4 Å². The Bertz CT molecular complexity index is 815. The Labute approximate surface area is 206 Å². The number of unbranched alkanes of at least 4 members (excludes halogenated alkanes) is 1. The average Bonchev–Trinajstić information content (AvgIpc) is 3.33. The molecule has 0 saturated heterocycles. The summed E-state index contributed by atoms with van der Waals surface area (Å²) >= 11 is 0. The molecule has 0 saturated carbocycles. The largest absolute Gasteiger partial charge is 0.480 e. The number of carbonyl (C=O) groups excluding carboxylic acids is 3. The Hall–Kier alpha value is -2.99. The topological polar surface area (TPSA) is 205 Å².